The first kappa shape index (κ1) is 16.9. The topological polar surface area (TPSA) is 49.4 Å². The average Bonchev–Trinajstić information content (AvgIpc) is 2.24. The lowest BCUT2D eigenvalue weighted by Crippen LogP contribution is -2.33. The first-order valence-corrected chi connectivity index (χ1v) is 8.26. The van der Waals surface area contributed by atoms with Gasteiger partial charge in [-0.2, -0.15) is 0 Å². The van der Waals surface area contributed by atoms with E-state index < -0.39 is 10.0 Å². The monoisotopic (exact) mass is 264 g/mol. The fourth-order valence-corrected chi connectivity index (χ4v) is 3.35. The summed E-state index contributed by atoms with van der Waals surface area (Å²) < 4.78 is 25.5. The zero-order valence-electron chi connectivity index (χ0n) is 11.7. The number of nitrogens with zero attached hydrogens (tertiary/aromatic N) is 1. The minimum Gasteiger partial charge on any atom is -0.315 e. The molecule has 0 radical (unpaired) electrons. The van der Waals surface area contributed by atoms with Gasteiger partial charge in [0.1, 0.15) is 0 Å². The Morgan fingerprint density at radius 2 is 1.82 bits per heavy atom. The normalized spacial score (nSPS) is 12.6. The van der Waals surface area contributed by atoms with Crippen LogP contribution in [0.5, 0.6) is 0 Å². The van der Waals surface area contributed by atoms with Gasteiger partial charge in [0.25, 0.3) is 0 Å². The van der Waals surface area contributed by atoms with Gasteiger partial charge < -0.3 is 5.32 Å². The minimum atomic E-state index is -3.03. The van der Waals surface area contributed by atoms with Crippen LogP contribution in [0.25, 0.3) is 0 Å². The van der Waals surface area contributed by atoms with Crippen molar-refractivity contribution in [1.82, 2.24) is 9.62 Å². The van der Waals surface area contributed by atoms with E-state index in [1.807, 2.05) is 13.8 Å². The highest BCUT2D eigenvalue weighted by Crippen LogP contribution is 2.05. The van der Waals surface area contributed by atoms with Crippen LogP contribution >= 0.6 is 0 Å². The van der Waals surface area contributed by atoms with Gasteiger partial charge >= 0.3 is 0 Å². The summed E-state index contributed by atoms with van der Waals surface area (Å²) in [6, 6.07) is 0.471. The molecular formula is C12H28N2O2S. The molecule has 0 aromatic heterocycles. The third-order valence-electron chi connectivity index (χ3n) is 2.60. The van der Waals surface area contributed by atoms with Crippen molar-refractivity contribution in [3.8, 4) is 0 Å². The molecule has 0 amide bonds. The van der Waals surface area contributed by atoms with Crippen molar-refractivity contribution in [3.63, 3.8) is 0 Å². The number of rotatable bonds is 10. The molecule has 0 aliphatic rings. The molecule has 0 bridgehead atoms. The Labute approximate surface area is 107 Å². The Morgan fingerprint density at radius 3 is 2.29 bits per heavy atom. The van der Waals surface area contributed by atoms with Crippen LogP contribution in [-0.4, -0.2) is 44.2 Å². The summed E-state index contributed by atoms with van der Waals surface area (Å²) in [6.45, 7) is 10.2. The molecule has 0 unspecified atom stereocenters. The first-order valence-electron chi connectivity index (χ1n) is 6.65. The molecule has 0 heterocycles. The fourth-order valence-electron chi connectivity index (χ4n) is 1.67. The molecule has 0 atom stereocenters. The second kappa shape index (κ2) is 8.89. The molecular weight excluding hydrogens is 236 g/mol. The second-order valence-electron chi connectivity index (χ2n) is 4.62. The lowest BCUT2D eigenvalue weighted by Gasteiger charge is -2.19. The van der Waals surface area contributed by atoms with Crippen molar-refractivity contribution in [2.24, 2.45) is 0 Å². The molecule has 0 rings (SSSR count). The van der Waals surface area contributed by atoms with Crippen molar-refractivity contribution >= 4 is 10.0 Å². The Bertz CT molecular complexity index is 276. The van der Waals surface area contributed by atoms with Crippen molar-refractivity contribution < 1.29 is 8.42 Å². The Kier molecular flexibility index (Phi) is 8.82. The number of hydrogen-bond acceptors (Lipinski definition) is 3. The van der Waals surface area contributed by atoms with Gasteiger partial charge in [-0.1, -0.05) is 27.7 Å². The number of sulfonamides is 1. The third-order valence-corrected chi connectivity index (χ3v) is 4.63. The molecule has 0 fully saturated rings. The standard InChI is InChI=1S/C12H28N2O2S/c1-5-10-14(6-2)17(15,16)11-8-7-9-13-12(3)4/h12-13H,5-11H2,1-4H3. The average molecular weight is 264 g/mol. The van der Waals surface area contributed by atoms with E-state index in [1.54, 1.807) is 4.31 Å². The van der Waals surface area contributed by atoms with E-state index in [4.69, 9.17) is 0 Å². The smallest absolute Gasteiger partial charge is 0.214 e. The van der Waals surface area contributed by atoms with E-state index in [2.05, 4.69) is 19.2 Å². The Balaban J connectivity index is 3.92. The molecule has 0 saturated heterocycles. The van der Waals surface area contributed by atoms with E-state index in [-0.39, 0.29) is 5.75 Å². The lowest BCUT2D eigenvalue weighted by atomic mass is 10.3. The largest absolute Gasteiger partial charge is 0.315 e. The maximum absolute atomic E-state index is 12.0. The summed E-state index contributed by atoms with van der Waals surface area (Å²) in [6.07, 6.45) is 2.53. The summed E-state index contributed by atoms with van der Waals surface area (Å²) >= 11 is 0. The van der Waals surface area contributed by atoms with Crippen LogP contribution < -0.4 is 5.32 Å². The van der Waals surface area contributed by atoms with E-state index in [1.165, 1.54) is 0 Å². The summed E-state index contributed by atoms with van der Waals surface area (Å²) in [5.74, 6) is 0.278. The fraction of sp³-hybridized carbons (Fsp3) is 1.00. The molecule has 4 nitrogen and oxygen atoms in total. The minimum absolute atomic E-state index is 0.278. The Morgan fingerprint density at radius 1 is 1.18 bits per heavy atom. The quantitative estimate of drug-likeness (QED) is 0.612. The predicted molar refractivity (Wildman–Crippen MR) is 73.7 cm³/mol. The molecule has 104 valence electrons. The van der Waals surface area contributed by atoms with Crippen LogP contribution in [-0.2, 0) is 10.0 Å². The molecule has 1 N–H and O–H groups in total. The summed E-state index contributed by atoms with van der Waals surface area (Å²) in [5, 5.41) is 3.29. The molecule has 0 saturated carbocycles. The number of nitrogens with one attached hydrogen (secondary N) is 1. The summed E-state index contributed by atoms with van der Waals surface area (Å²) in [4.78, 5) is 0. The van der Waals surface area contributed by atoms with Crippen LogP contribution in [0.4, 0.5) is 0 Å². The van der Waals surface area contributed by atoms with Crippen molar-refractivity contribution in [1.29, 1.82) is 0 Å². The summed E-state index contributed by atoms with van der Waals surface area (Å²) in [5.41, 5.74) is 0. The van der Waals surface area contributed by atoms with E-state index in [0.29, 0.717) is 19.1 Å². The number of unbranched alkanes of at least 4 members (excludes halogenated alkanes) is 1. The molecule has 0 spiro atoms. The van der Waals surface area contributed by atoms with Gasteiger partial charge in [-0.3, -0.25) is 0 Å². The van der Waals surface area contributed by atoms with Crippen LogP contribution in [0.15, 0.2) is 0 Å². The second-order valence-corrected chi connectivity index (χ2v) is 6.71. The third kappa shape index (κ3) is 7.73. The van der Waals surface area contributed by atoms with Gasteiger partial charge in [0, 0.05) is 19.1 Å². The zero-order chi connectivity index (χ0) is 13.3. The van der Waals surface area contributed by atoms with Crippen LogP contribution in [0.1, 0.15) is 47.0 Å². The van der Waals surface area contributed by atoms with Crippen LogP contribution in [0.3, 0.4) is 0 Å². The van der Waals surface area contributed by atoms with Gasteiger partial charge in [-0.25, -0.2) is 12.7 Å². The van der Waals surface area contributed by atoms with Gasteiger partial charge in [-0.15, -0.1) is 0 Å². The van der Waals surface area contributed by atoms with Crippen LogP contribution in [0.2, 0.25) is 0 Å². The Hall–Kier alpha value is -0.130. The highest BCUT2D eigenvalue weighted by Gasteiger charge is 2.18. The molecule has 0 aliphatic heterocycles. The van der Waals surface area contributed by atoms with Crippen molar-refractivity contribution in [2.45, 2.75) is 53.0 Å². The highest BCUT2D eigenvalue weighted by atomic mass is 32.2. The van der Waals surface area contributed by atoms with E-state index >= 15 is 0 Å². The van der Waals surface area contributed by atoms with Gasteiger partial charge in [0.15, 0.2) is 0 Å². The molecule has 0 aliphatic carbocycles. The highest BCUT2D eigenvalue weighted by molar-refractivity contribution is 7.89. The van der Waals surface area contributed by atoms with Gasteiger partial charge in [0.2, 0.25) is 10.0 Å². The maximum atomic E-state index is 12.0. The van der Waals surface area contributed by atoms with Gasteiger partial charge in [0.05, 0.1) is 5.75 Å². The lowest BCUT2D eigenvalue weighted by molar-refractivity contribution is 0.425. The SMILES string of the molecule is CCCN(CC)S(=O)(=O)CCCCNC(C)C. The van der Waals surface area contributed by atoms with E-state index in [0.717, 1.165) is 25.8 Å². The predicted octanol–water partition coefficient (Wildman–Crippen LogP) is 1.83. The summed E-state index contributed by atoms with van der Waals surface area (Å²) in [7, 11) is -3.03. The molecule has 0 aromatic carbocycles. The van der Waals surface area contributed by atoms with Gasteiger partial charge in [-0.05, 0) is 25.8 Å². The van der Waals surface area contributed by atoms with Crippen LogP contribution in [0, 0.1) is 0 Å². The molecule has 17 heavy (non-hydrogen) atoms. The first-order chi connectivity index (χ1) is 7.94. The molecule has 5 heteroatoms. The van der Waals surface area contributed by atoms with Crippen molar-refractivity contribution in [2.75, 3.05) is 25.4 Å². The van der Waals surface area contributed by atoms with Crippen molar-refractivity contribution in [3.05, 3.63) is 0 Å². The number of hydrogen-bond donors (Lipinski definition) is 1. The molecule has 0 aromatic rings. The maximum Gasteiger partial charge on any atom is 0.214 e. The van der Waals surface area contributed by atoms with E-state index in [9.17, 15) is 8.42 Å². The zero-order valence-corrected chi connectivity index (χ0v) is 12.5.